The van der Waals surface area contributed by atoms with Crippen molar-refractivity contribution >= 4 is 34.4 Å². The molecule has 7 nitrogen and oxygen atoms in total. The second-order valence-electron chi connectivity index (χ2n) is 7.75. The normalized spacial score (nSPS) is 24.3. The lowest BCUT2D eigenvalue weighted by atomic mass is 9.44. The van der Waals surface area contributed by atoms with Gasteiger partial charge >= 0.3 is 0 Å². The number of nitrogens with zero attached hydrogens (tertiary/aromatic N) is 3. The Morgan fingerprint density at radius 3 is 2.72 bits per heavy atom. The Bertz CT molecular complexity index is 1110. The van der Waals surface area contributed by atoms with Gasteiger partial charge < -0.3 is 15.4 Å². The first-order valence-corrected chi connectivity index (χ1v) is 9.56. The van der Waals surface area contributed by atoms with Crippen LogP contribution < -0.4 is 15.4 Å². The highest BCUT2D eigenvalue weighted by molar-refractivity contribution is 6.30. The van der Waals surface area contributed by atoms with Crippen LogP contribution in [0.2, 0.25) is 5.02 Å². The standard InChI is InChI=1S/C20H17ClFN5O2/c21-14-2-1-13(6-15(14)22)29-8-17(28)27-20-9-19(10-20,11-20)26-12-5-16-18(25-7-12)24-4-3-23-16/h1-7,26H,8-11H2,(H,27,28). The Morgan fingerprint density at radius 1 is 1.14 bits per heavy atom. The van der Waals surface area contributed by atoms with Crippen molar-refractivity contribution in [2.45, 2.75) is 30.3 Å². The second kappa shape index (κ2) is 6.52. The molecule has 0 aliphatic heterocycles. The van der Waals surface area contributed by atoms with E-state index in [2.05, 4.69) is 25.6 Å². The molecule has 3 aliphatic carbocycles. The summed E-state index contributed by atoms with van der Waals surface area (Å²) in [7, 11) is 0. The van der Waals surface area contributed by atoms with Gasteiger partial charge in [0.25, 0.3) is 5.91 Å². The van der Waals surface area contributed by atoms with Crippen LogP contribution in [0.3, 0.4) is 0 Å². The Labute approximate surface area is 170 Å². The third-order valence-electron chi connectivity index (χ3n) is 5.43. The Hall–Kier alpha value is -3.00. The van der Waals surface area contributed by atoms with Gasteiger partial charge in [0.15, 0.2) is 12.3 Å². The minimum atomic E-state index is -0.578. The number of hydrogen-bond donors (Lipinski definition) is 2. The smallest absolute Gasteiger partial charge is 0.258 e. The number of amides is 1. The molecule has 0 spiro atoms. The van der Waals surface area contributed by atoms with E-state index in [9.17, 15) is 9.18 Å². The van der Waals surface area contributed by atoms with Gasteiger partial charge in [-0.1, -0.05) is 11.6 Å². The fourth-order valence-corrected chi connectivity index (χ4v) is 4.45. The lowest BCUT2D eigenvalue weighted by Gasteiger charge is -2.70. The van der Waals surface area contributed by atoms with E-state index in [1.54, 1.807) is 18.6 Å². The van der Waals surface area contributed by atoms with Gasteiger partial charge in [-0.2, -0.15) is 0 Å². The summed E-state index contributed by atoms with van der Waals surface area (Å²) in [6.45, 7) is -0.170. The maximum atomic E-state index is 13.4. The van der Waals surface area contributed by atoms with E-state index in [1.165, 1.54) is 12.1 Å². The minimum Gasteiger partial charge on any atom is -0.484 e. The van der Waals surface area contributed by atoms with E-state index in [4.69, 9.17) is 16.3 Å². The molecule has 0 atom stereocenters. The van der Waals surface area contributed by atoms with Crippen LogP contribution in [0.5, 0.6) is 5.75 Å². The number of rotatable bonds is 6. The summed E-state index contributed by atoms with van der Waals surface area (Å²) < 4.78 is 18.8. The van der Waals surface area contributed by atoms with E-state index in [-0.39, 0.29) is 34.4 Å². The number of anilines is 1. The number of benzene rings is 1. The number of carbonyl (C=O) groups excluding carboxylic acids is 1. The first-order chi connectivity index (χ1) is 13.9. The summed E-state index contributed by atoms with van der Waals surface area (Å²) in [5.74, 6) is -0.535. The van der Waals surface area contributed by atoms with Gasteiger partial charge in [0.2, 0.25) is 0 Å². The molecule has 0 saturated heterocycles. The second-order valence-corrected chi connectivity index (χ2v) is 8.16. The van der Waals surface area contributed by atoms with Crippen molar-refractivity contribution in [3.63, 3.8) is 0 Å². The van der Waals surface area contributed by atoms with Gasteiger partial charge in [-0.15, -0.1) is 0 Å². The first-order valence-electron chi connectivity index (χ1n) is 9.18. The minimum absolute atomic E-state index is 0.0159. The molecule has 3 aromatic rings. The van der Waals surface area contributed by atoms with Crippen molar-refractivity contribution in [2.24, 2.45) is 0 Å². The fourth-order valence-electron chi connectivity index (χ4n) is 4.33. The summed E-state index contributed by atoms with van der Waals surface area (Å²) in [6, 6.07) is 6.02. The predicted molar refractivity (Wildman–Crippen MR) is 105 cm³/mol. The maximum absolute atomic E-state index is 13.4. The molecule has 9 heteroatoms. The Balaban J connectivity index is 1.13. The molecule has 1 amide bonds. The molecule has 2 aromatic heterocycles. The molecule has 29 heavy (non-hydrogen) atoms. The molecule has 3 fully saturated rings. The van der Waals surface area contributed by atoms with Crippen LogP contribution in [0.4, 0.5) is 10.1 Å². The number of nitrogens with one attached hydrogen (secondary N) is 2. The third kappa shape index (κ3) is 3.33. The van der Waals surface area contributed by atoms with Gasteiger partial charge in [-0.25, -0.2) is 14.4 Å². The van der Waals surface area contributed by atoms with Crippen LogP contribution in [-0.2, 0) is 4.79 Å². The van der Waals surface area contributed by atoms with Gasteiger partial charge in [-0.3, -0.25) is 9.78 Å². The fraction of sp³-hybridized carbons (Fsp3) is 0.300. The molecule has 2 bridgehead atoms. The highest BCUT2D eigenvalue weighted by Gasteiger charge is 2.68. The molecule has 2 N–H and O–H groups in total. The molecular formula is C20H17ClFN5O2. The summed E-state index contributed by atoms with van der Waals surface area (Å²) in [6.07, 6.45) is 7.50. The summed E-state index contributed by atoms with van der Waals surface area (Å²) >= 11 is 5.64. The lowest BCUT2D eigenvalue weighted by molar-refractivity contribution is -0.135. The van der Waals surface area contributed by atoms with Crippen LogP contribution in [0.15, 0.2) is 42.9 Å². The molecule has 3 aliphatic rings. The number of pyridine rings is 1. The Kier molecular flexibility index (Phi) is 4.06. The van der Waals surface area contributed by atoms with Crippen molar-refractivity contribution in [3.8, 4) is 5.75 Å². The summed E-state index contributed by atoms with van der Waals surface area (Å²) in [5, 5.41) is 6.56. The van der Waals surface area contributed by atoms with Crippen LogP contribution in [-0.4, -0.2) is 38.5 Å². The van der Waals surface area contributed by atoms with Crippen LogP contribution in [0, 0.1) is 5.82 Å². The third-order valence-corrected chi connectivity index (χ3v) is 5.74. The largest absolute Gasteiger partial charge is 0.484 e. The van der Waals surface area contributed by atoms with Crippen LogP contribution in [0.1, 0.15) is 19.3 Å². The first kappa shape index (κ1) is 18.1. The van der Waals surface area contributed by atoms with Gasteiger partial charge in [0, 0.05) is 29.5 Å². The number of hydrogen-bond acceptors (Lipinski definition) is 6. The number of fused-ring (bicyclic) bond motifs is 1. The predicted octanol–water partition coefficient (Wildman–Crippen LogP) is 3.10. The lowest BCUT2D eigenvalue weighted by Crippen LogP contribution is -2.81. The van der Waals surface area contributed by atoms with E-state index in [0.29, 0.717) is 5.65 Å². The highest BCUT2D eigenvalue weighted by Crippen LogP contribution is 2.61. The van der Waals surface area contributed by atoms with Crippen molar-refractivity contribution in [2.75, 3.05) is 11.9 Å². The zero-order valence-corrected chi connectivity index (χ0v) is 16.0. The van der Waals surface area contributed by atoms with E-state index in [0.717, 1.165) is 36.5 Å². The quantitative estimate of drug-likeness (QED) is 0.645. The Morgan fingerprint density at radius 2 is 1.93 bits per heavy atom. The molecule has 148 valence electrons. The van der Waals surface area contributed by atoms with Gasteiger partial charge in [0.1, 0.15) is 17.1 Å². The maximum Gasteiger partial charge on any atom is 0.258 e. The number of ether oxygens (including phenoxy) is 1. The van der Waals surface area contributed by atoms with Crippen LogP contribution >= 0.6 is 11.6 Å². The monoisotopic (exact) mass is 413 g/mol. The van der Waals surface area contributed by atoms with Crippen molar-refractivity contribution in [1.82, 2.24) is 20.3 Å². The average Bonchev–Trinajstić information content (AvgIpc) is 2.66. The van der Waals surface area contributed by atoms with E-state index in [1.807, 2.05) is 6.07 Å². The summed E-state index contributed by atoms with van der Waals surface area (Å²) in [4.78, 5) is 25.0. The van der Waals surface area contributed by atoms with Crippen LogP contribution in [0.25, 0.3) is 11.2 Å². The van der Waals surface area contributed by atoms with Crippen molar-refractivity contribution in [3.05, 3.63) is 53.7 Å². The molecule has 1 aromatic carbocycles. The van der Waals surface area contributed by atoms with E-state index >= 15 is 0 Å². The van der Waals surface area contributed by atoms with Gasteiger partial charge in [-0.05, 0) is 37.5 Å². The van der Waals surface area contributed by atoms with Crippen molar-refractivity contribution < 1.29 is 13.9 Å². The molecule has 2 heterocycles. The molecule has 0 radical (unpaired) electrons. The molecule has 0 unspecified atom stereocenters. The molecule has 6 rings (SSSR count). The molecular weight excluding hydrogens is 397 g/mol. The van der Waals surface area contributed by atoms with E-state index < -0.39 is 5.82 Å². The van der Waals surface area contributed by atoms with Crippen molar-refractivity contribution in [1.29, 1.82) is 0 Å². The SMILES string of the molecule is O=C(COc1ccc(Cl)c(F)c1)NC12CC(Nc3cnc4nccnc4c3)(C1)C2. The number of aromatic nitrogens is 3. The van der Waals surface area contributed by atoms with Gasteiger partial charge in [0.05, 0.1) is 16.9 Å². The zero-order chi connectivity index (χ0) is 20.1. The number of carbonyl (C=O) groups is 1. The average molecular weight is 414 g/mol. The zero-order valence-electron chi connectivity index (χ0n) is 15.3. The number of halogens is 2. The topological polar surface area (TPSA) is 89.0 Å². The highest BCUT2D eigenvalue weighted by atomic mass is 35.5. The molecule has 3 saturated carbocycles. The summed E-state index contributed by atoms with van der Waals surface area (Å²) in [5.41, 5.74) is 2.03.